The Morgan fingerprint density at radius 3 is 2.59 bits per heavy atom. The molecule has 1 aliphatic rings. The minimum atomic E-state index is -0.887. The normalized spacial score (nSPS) is 14.8. The third-order valence-electron chi connectivity index (χ3n) is 5.28. The van der Waals surface area contributed by atoms with Crippen LogP contribution in [0.15, 0.2) is 47.0 Å². The van der Waals surface area contributed by atoms with E-state index in [4.69, 9.17) is 18.6 Å². The number of urea groups is 1. The molecule has 196 valence electrons. The third kappa shape index (κ3) is 6.18. The summed E-state index contributed by atoms with van der Waals surface area (Å²) in [4.78, 5) is 49.9. The summed E-state index contributed by atoms with van der Waals surface area (Å²) in [5.74, 6) is -0.899. The van der Waals surface area contributed by atoms with Crippen LogP contribution >= 0.6 is 0 Å². The van der Waals surface area contributed by atoms with E-state index in [-0.39, 0.29) is 23.8 Å². The Bertz CT molecular complexity index is 1240. The predicted octanol–water partition coefficient (Wildman–Crippen LogP) is 3.23. The van der Waals surface area contributed by atoms with Crippen LogP contribution in [0.25, 0.3) is 6.08 Å². The fourth-order valence-electron chi connectivity index (χ4n) is 3.57. The number of benzene rings is 1. The molecule has 2 aromatic rings. The molecule has 1 aromatic carbocycles. The Kier molecular flexibility index (Phi) is 8.72. The highest BCUT2D eigenvalue weighted by atomic mass is 16.6. The van der Waals surface area contributed by atoms with Crippen molar-refractivity contribution in [2.24, 2.45) is 0 Å². The van der Waals surface area contributed by atoms with Crippen molar-refractivity contribution in [1.29, 1.82) is 0 Å². The number of hydrogen-bond acceptors (Lipinski definition) is 9. The molecule has 37 heavy (non-hydrogen) atoms. The third-order valence-corrected chi connectivity index (χ3v) is 5.28. The number of imide groups is 1. The maximum atomic E-state index is 13.0. The number of hydrogen-bond donors (Lipinski definition) is 1. The van der Waals surface area contributed by atoms with Gasteiger partial charge in [0.15, 0.2) is 17.6 Å². The van der Waals surface area contributed by atoms with Gasteiger partial charge in [0, 0.05) is 5.56 Å². The van der Waals surface area contributed by atoms with Crippen LogP contribution in [0.4, 0.5) is 4.79 Å². The first-order valence-corrected chi connectivity index (χ1v) is 11.4. The first kappa shape index (κ1) is 27.1. The van der Waals surface area contributed by atoms with E-state index in [1.165, 1.54) is 32.4 Å². The molecule has 1 N–H and O–H groups in total. The highest BCUT2D eigenvalue weighted by molar-refractivity contribution is 6.13. The maximum absolute atomic E-state index is 13.0. The highest BCUT2D eigenvalue weighted by Gasteiger charge is 2.34. The van der Waals surface area contributed by atoms with Crippen molar-refractivity contribution in [3.63, 3.8) is 0 Å². The van der Waals surface area contributed by atoms with Gasteiger partial charge in [0.05, 0.1) is 27.4 Å². The van der Waals surface area contributed by atoms with Crippen LogP contribution in [-0.2, 0) is 32.0 Å². The van der Waals surface area contributed by atoms with Gasteiger partial charge >= 0.3 is 18.0 Å². The van der Waals surface area contributed by atoms with Crippen LogP contribution in [-0.4, -0.2) is 55.7 Å². The zero-order valence-electron chi connectivity index (χ0n) is 21.0. The Labute approximate surface area is 213 Å². The van der Waals surface area contributed by atoms with Crippen LogP contribution in [0.1, 0.15) is 41.3 Å². The number of allylic oxidation sites excluding steroid dienone is 1. The average molecular weight is 513 g/mol. The van der Waals surface area contributed by atoms with Crippen molar-refractivity contribution in [2.45, 2.75) is 32.9 Å². The van der Waals surface area contributed by atoms with Crippen molar-refractivity contribution in [1.82, 2.24) is 10.2 Å². The largest absolute Gasteiger partial charge is 0.490 e. The van der Waals surface area contributed by atoms with Gasteiger partial charge in [-0.25, -0.2) is 14.4 Å². The predicted molar refractivity (Wildman–Crippen MR) is 131 cm³/mol. The summed E-state index contributed by atoms with van der Waals surface area (Å²) >= 11 is 0. The lowest BCUT2D eigenvalue weighted by Gasteiger charge is -2.19. The lowest BCUT2D eigenvalue weighted by atomic mass is 10.0. The lowest BCUT2D eigenvalue weighted by molar-refractivity contribution is -0.148. The van der Waals surface area contributed by atoms with Gasteiger partial charge in [0.1, 0.15) is 11.5 Å². The second kappa shape index (κ2) is 11.9. The van der Waals surface area contributed by atoms with E-state index in [9.17, 15) is 19.2 Å². The second-order valence-corrected chi connectivity index (χ2v) is 7.85. The number of nitrogens with one attached hydrogen (secondary N) is 1. The van der Waals surface area contributed by atoms with E-state index in [1.807, 2.05) is 0 Å². The van der Waals surface area contributed by atoms with Gasteiger partial charge in [-0.15, -0.1) is 6.58 Å². The standard InChI is InChI=1S/C26H28N2O9/c1-6-8-17-11-16(13-21(35-7-2)22(17)36-15(3)24(30)33-4)12-19-23(29)28(26(32)27-19)14-18-9-10-20(37-18)25(31)34-5/h6,9-13,15H,1,7-8,14H2,2-5H3,(H,27,32)/b19-12-/t15-/m0/s1. The number of rotatable bonds is 11. The van der Waals surface area contributed by atoms with E-state index >= 15 is 0 Å². The summed E-state index contributed by atoms with van der Waals surface area (Å²) in [6.45, 7) is 7.26. The second-order valence-electron chi connectivity index (χ2n) is 7.85. The molecule has 0 saturated carbocycles. The molecule has 3 amide bonds. The molecule has 3 rings (SSSR count). The topological polar surface area (TPSA) is 134 Å². The number of furan rings is 1. The molecule has 1 fully saturated rings. The number of methoxy groups -OCH3 is 2. The van der Waals surface area contributed by atoms with Gasteiger partial charge in [-0.2, -0.15) is 0 Å². The zero-order valence-corrected chi connectivity index (χ0v) is 21.0. The first-order valence-electron chi connectivity index (χ1n) is 11.4. The molecular weight excluding hydrogens is 484 g/mol. The SMILES string of the molecule is C=CCc1cc(/C=C2\NC(=O)N(Cc3ccc(C(=O)OC)o3)C2=O)cc(OCC)c1O[C@@H](C)C(=O)OC. The van der Waals surface area contributed by atoms with Crippen molar-refractivity contribution < 1.29 is 42.5 Å². The molecule has 11 nitrogen and oxygen atoms in total. The molecule has 1 saturated heterocycles. The summed E-state index contributed by atoms with van der Waals surface area (Å²) < 4.78 is 26.3. The van der Waals surface area contributed by atoms with Gasteiger partial charge in [-0.3, -0.25) is 9.69 Å². The highest BCUT2D eigenvalue weighted by Crippen LogP contribution is 2.36. The molecule has 1 aromatic heterocycles. The first-order chi connectivity index (χ1) is 17.7. The molecule has 0 unspecified atom stereocenters. The van der Waals surface area contributed by atoms with Gasteiger partial charge in [-0.1, -0.05) is 6.08 Å². The number of ether oxygens (including phenoxy) is 4. The monoisotopic (exact) mass is 512 g/mol. The molecule has 2 heterocycles. The number of amides is 3. The van der Waals surface area contributed by atoms with Gasteiger partial charge < -0.3 is 28.7 Å². The van der Waals surface area contributed by atoms with Gasteiger partial charge in [-0.05, 0) is 56.2 Å². The molecular formula is C26H28N2O9. The summed E-state index contributed by atoms with van der Waals surface area (Å²) in [7, 11) is 2.49. The Hall–Kier alpha value is -4.54. The summed E-state index contributed by atoms with van der Waals surface area (Å²) in [5, 5.41) is 2.55. The van der Waals surface area contributed by atoms with E-state index in [1.54, 1.807) is 32.1 Å². The number of nitrogens with zero attached hydrogens (tertiary/aromatic N) is 1. The minimum Gasteiger partial charge on any atom is -0.490 e. The molecule has 1 aliphatic heterocycles. The van der Waals surface area contributed by atoms with Crippen LogP contribution in [0.2, 0.25) is 0 Å². The molecule has 0 bridgehead atoms. The summed E-state index contributed by atoms with van der Waals surface area (Å²) in [5.41, 5.74) is 1.24. The Morgan fingerprint density at radius 1 is 1.19 bits per heavy atom. The molecule has 0 spiro atoms. The fourth-order valence-corrected chi connectivity index (χ4v) is 3.57. The smallest absolute Gasteiger partial charge is 0.373 e. The average Bonchev–Trinajstić information content (AvgIpc) is 3.45. The fraction of sp³-hybridized carbons (Fsp3) is 0.308. The molecule has 0 aliphatic carbocycles. The van der Waals surface area contributed by atoms with Crippen LogP contribution < -0.4 is 14.8 Å². The van der Waals surface area contributed by atoms with E-state index < -0.39 is 30.0 Å². The van der Waals surface area contributed by atoms with E-state index in [0.29, 0.717) is 35.7 Å². The van der Waals surface area contributed by atoms with Crippen LogP contribution in [0.3, 0.4) is 0 Å². The zero-order chi connectivity index (χ0) is 27.1. The van der Waals surface area contributed by atoms with Crippen molar-refractivity contribution in [3.05, 3.63) is 65.3 Å². The van der Waals surface area contributed by atoms with Crippen molar-refractivity contribution >= 4 is 30.0 Å². The van der Waals surface area contributed by atoms with Gasteiger partial charge in [0.25, 0.3) is 5.91 Å². The summed E-state index contributed by atoms with van der Waals surface area (Å²) in [6.07, 6.45) is 2.66. The quantitative estimate of drug-likeness (QED) is 0.208. The van der Waals surface area contributed by atoms with E-state index in [2.05, 4.69) is 16.6 Å². The minimum absolute atomic E-state index is 0.0355. The summed E-state index contributed by atoms with van der Waals surface area (Å²) in [6, 6.07) is 5.62. The molecule has 0 radical (unpaired) electrons. The number of esters is 2. The van der Waals surface area contributed by atoms with Crippen LogP contribution in [0.5, 0.6) is 11.5 Å². The molecule has 11 heteroatoms. The molecule has 1 atom stereocenters. The van der Waals surface area contributed by atoms with Crippen molar-refractivity contribution in [2.75, 3.05) is 20.8 Å². The number of carbonyl (C=O) groups is 4. The van der Waals surface area contributed by atoms with Gasteiger partial charge in [0.2, 0.25) is 5.76 Å². The van der Waals surface area contributed by atoms with Crippen LogP contribution in [0, 0.1) is 0 Å². The number of carbonyl (C=O) groups excluding carboxylic acids is 4. The Balaban J connectivity index is 1.90. The Morgan fingerprint density at radius 2 is 1.95 bits per heavy atom. The lowest BCUT2D eigenvalue weighted by Crippen LogP contribution is -2.30. The van der Waals surface area contributed by atoms with Crippen molar-refractivity contribution in [3.8, 4) is 11.5 Å². The van der Waals surface area contributed by atoms with E-state index in [0.717, 1.165) is 4.90 Å². The maximum Gasteiger partial charge on any atom is 0.373 e.